The Labute approximate surface area is 226 Å². The maximum absolute atomic E-state index is 13.7. The van der Waals surface area contributed by atoms with Crippen LogP contribution in [-0.2, 0) is 19.2 Å². The van der Waals surface area contributed by atoms with Crippen molar-refractivity contribution in [1.29, 1.82) is 0 Å². The van der Waals surface area contributed by atoms with E-state index in [0.29, 0.717) is 24.3 Å². The summed E-state index contributed by atoms with van der Waals surface area (Å²) in [4.78, 5) is 68.7. The molecule has 2 aliphatic rings. The van der Waals surface area contributed by atoms with Gasteiger partial charge in [-0.3, -0.25) is 24.0 Å². The predicted octanol–water partition coefficient (Wildman–Crippen LogP) is 2.47. The molecule has 0 bridgehead atoms. The number of Topliss-reactive ketones (excluding diaryl/α,β-unsaturated/α-hetero) is 1. The summed E-state index contributed by atoms with van der Waals surface area (Å²) < 4.78 is 0. The second-order valence-corrected chi connectivity index (χ2v) is 11.5. The molecular weight excluding hydrogens is 504 g/mol. The lowest BCUT2D eigenvalue weighted by molar-refractivity contribution is -0.138. The molecule has 0 saturated carbocycles. The molecular formula is C28H34N4O5S. The molecule has 1 aromatic carbocycles. The van der Waals surface area contributed by atoms with E-state index in [9.17, 15) is 24.0 Å². The van der Waals surface area contributed by atoms with Gasteiger partial charge in [0, 0.05) is 18.3 Å². The van der Waals surface area contributed by atoms with Crippen molar-refractivity contribution in [2.45, 2.75) is 64.7 Å². The maximum atomic E-state index is 13.7. The number of benzene rings is 1. The van der Waals surface area contributed by atoms with Gasteiger partial charge in [-0.1, -0.05) is 44.2 Å². The zero-order valence-electron chi connectivity index (χ0n) is 22.1. The summed E-state index contributed by atoms with van der Waals surface area (Å²) in [5.74, 6) is -1.38. The summed E-state index contributed by atoms with van der Waals surface area (Å²) >= 11 is 1.36. The number of hydrogen-bond acceptors (Lipinski definition) is 6. The van der Waals surface area contributed by atoms with Crippen molar-refractivity contribution in [3.8, 4) is 10.4 Å². The third-order valence-electron chi connectivity index (χ3n) is 6.98. The third-order valence-corrected chi connectivity index (χ3v) is 8.11. The van der Waals surface area contributed by atoms with Crippen molar-refractivity contribution in [2.75, 3.05) is 13.1 Å². The van der Waals surface area contributed by atoms with Gasteiger partial charge in [0.15, 0.2) is 5.78 Å². The van der Waals surface area contributed by atoms with Crippen LogP contribution in [0.4, 0.5) is 0 Å². The average molecular weight is 539 g/mol. The van der Waals surface area contributed by atoms with Gasteiger partial charge in [0.05, 0.1) is 17.5 Å². The normalized spacial score (nSPS) is 20.3. The van der Waals surface area contributed by atoms with Crippen molar-refractivity contribution < 1.29 is 24.0 Å². The minimum absolute atomic E-state index is 0.0967. The lowest BCUT2D eigenvalue weighted by atomic mass is 10.0. The summed E-state index contributed by atoms with van der Waals surface area (Å²) in [5, 5.41) is 5.48. The molecule has 4 unspecified atom stereocenters. The number of hydrogen-bond donors (Lipinski definition) is 2. The molecule has 0 aliphatic carbocycles. The first-order valence-corrected chi connectivity index (χ1v) is 13.7. The van der Waals surface area contributed by atoms with E-state index < -0.39 is 24.2 Å². The molecule has 10 heteroatoms. The number of carbonyl (C=O) groups excluding carboxylic acids is 5. The molecule has 9 nitrogen and oxygen atoms in total. The molecule has 3 heterocycles. The van der Waals surface area contributed by atoms with Gasteiger partial charge in [0.25, 0.3) is 5.91 Å². The van der Waals surface area contributed by atoms with E-state index in [1.807, 2.05) is 50.2 Å². The molecule has 38 heavy (non-hydrogen) atoms. The van der Waals surface area contributed by atoms with E-state index >= 15 is 0 Å². The second-order valence-electron chi connectivity index (χ2n) is 10.4. The van der Waals surface area contributed by atoms with Crippen LogP contribution >= 0.6 is 11.3 Å². The molecule has 2 N–H and O–H groups in total. The SMILES string of the molecule is CC(=O)NC(C)C(=O)N1CC(=O)C2C1CCN2C(=O)C(CC(C)C)NC(=O)c1ccc(-c2ccccc2)s1. The van der Waals surface area contributed by atoms with Crippen molar-refractivity contribution in [3.05, 3.63) is 47.3 Å². The number of fused-ring (bicyclic) bond motifs is 1. The highest BCUT2D eigenvalue weighted by atomic mass is 32.1. The number of thiophene rings is 1. The van der Waals surface area contributed by atoms with Crippen LogP contribution in [0.25, 0.3) is 10.4 Å². The van der Waals surface area contributed by atoms with Crippen molar-refractivity contribution >= 4 is 40.7 Å². The zero-order chi connectivity index (χ0) is 27.6. The van der Waals surface area contributed by atoms with Gasteiger partial charge in [-0.15, -0.1) is 11.3 Å². The minimum Gasteiger partial charge on any atom is -0.345 e. The topological polar surface area (TPSA) is 116 Å². The minimum atomic E-state index is -0.792. The summed E-state index contributed by atoms with van der Waals surface area (Å²) in [7, 11) is 0. The van der Waals surface area contributed by atoms with Crippen LogP contribution in [0.5, 0.6) is 0 Å². The molecule has 202 valence electrons. The van der Waals surface area contributed by atoms with E-state index in [4.69, 9.17) is 0 Å². The standard InChI is InChI=1S/C28H34N4O5S/c1-16(2)14-20(30-26(35)24-11-10-23(38-24)19-8-6-5-7-9-19)28(37)31-13-12-21-25(31)22(34)15-32(21)27(36)17(3)29-18(4)33/h5-11,16-17,20-21,25H,12-15H2,1-4H3,(H,29,33)(H,30,35). The fourth-order valence-electron chi connectivity index (χ4n) is 5.31. The molecule has 2 saturated heterocycles. The molecule has 0 radical (unpaired) electrons. The number of rotatable bonds is 8. The Hall–Kier alpha value is -3.53. The Bertz CT molecular complexity index is 1230. The number of ketones is 1. The van der Waals surface area contributed by atoms with E-state index in [-0.39, 0.29) is 41.9 Å². The number of carbonyl (C=O) groups is 5. The van der Waals surface area contributed by atoms with Crippen LogP contribution in [0.2, 0.25) is 0 Å². The van der Waals surface area contributed by atoms with Gasteiger partial charge in [-0.25, -0.2) is 0 Å². The first-order chi connectivity index (χ1) is 18.1. The van der Waals surface area contributed by atoms with Gasteiger partial charge in [0.1, 0.15) is 18.1 Å². The predicted molar refractivity (Wildman–Crippen MR) is 144 cm³/mol. The van der Waals surface area contributed by atoms with Crippen LogP contribution in [-0.4, -0.2) is 76.5 Å². The number of nitrogens with zero attached hydrogens (tertiary/aromatic N) is 2. The molecule has 4 amide bonds. The molecule has 1 aromatic heterocycles. The fourth-order valence-corrected chi connectivity index (χ4v) is 6.23. The lowest BCUT2D eigenvalue weighted by Crippen LogP contribution is -2.53. The van der Waals surface area contributed by atoms with E-state index in [0.717, 1.165) is 10.4 Å². The first-order valence-electron chi connectivity index (χ1n) is 12.9. The molecule has 2 aromatic rings. The number of nitrogens with one attached hydrogen (secondary N) is 2. The first kappa shape index (κ1) is 27.5. The Morgan fingerprint density at radius 1 is 0.974 bits per heavy atom. The summed E-state index contributed by atoms with van der Waals surface area (Å²) in [5.41, 5.74) is 1.01. The van der Waals surface area contributed by atoms with Gasteiger partial charge < -0.3 is 20.4 Å². The highest BCUT2D eigenvalue weighted by molar-refractivity contribution is 7.17. The monoisotopic (exact) mass is 538 g/mol. The smallest absolute Gasteiger partial charge is 0.262 e. The number of amides is 4. The van der Waals surface area contributed by atoms with Crippen LogP contribution in [0.15, 0.2) is 42.5 Å². The van der Waals surface area contributed by atoms with Crippen molar-refractivity contribution in [2.24, 2.45) is 5.92 Å². The van der Waals surface area contributed by atoms with Gasteiger partial charge in [-0.2, -0.15) is 0 Å². The Morgan fingerprint density at radius 2 is 1.68 bits per heavy atom. The quantitative estimate of drug-likeness (QED) is 0.536. The van der Waals surface area contributed by atoms with Crippen molar-refractivity contribution in [1.82, 2.24) is 20.4 Å². The highest BCUT2D eigenvalue weighted by Crippen LogP contribution is 2.32. The maximum Gasteiger partial charge on any atom is 0.262 e. The van der Waals surface area contributed by atoms with E-state index in [2.05, 4.69) is 10.6 Å². The molecule has 2 aliphatic heterocycles. The third kappa shape index (κ3) is 5.80. The van der Waals surface area contributed by atoms with Gasteiger partial charge in [0.2, 0.25) is 17.7 Å². The summed E-state index contributed by atoms with van der Waals surface area (Å²) in [6.45, 7) is 7.09. The van der Waals surface area contributed by atoms with Crippen LogP contribution in [0.3, 0.4) is 0 Å². The van der Waals surface area contributed by atoms with Gasteiger partial charge in [-0.05, 0) is 43.4 Å². The Kier molecular flexibility index (Phi) is 8.30. The fraction of sp³-hybridized carbons (Fsp3) is 0.464. The average Bonchev–Trinajstić information content (AvgIpc) is 3.60. The van der Waals surface area contributed by atoms with Crippen LogP contribution in [0, 0.1) is 5.92 Å². The summed E-state index contributed by atoms with van der Waals surface area (Å²) in [6.07, 6.45) is 0.889. The molecule has 0 spiro atoms. The molecule has 4 atom stereocenters. The summed E-state index contributed by atoms with van der Waals surface area (Å²) in [6, 6.07) is 10.7. The zero-order valence-corrected chi connectivity index (χ0v) is 22.9. The lowest BCUT2D eigenvalue weighted by Gasteiger charge is -2.29. The Morgan fingerprint density at radius 3 is 2.34 bits per heavy atom. The Balaban J connectivity index is 1.48. The highest BCUT2D eigenvalue weighted by Gasteiger charge is 2.52. The van der Waals surface area contributed by atoms with Crippen molar-refractivity contribution in [3.63, 3.8) is 0 Å². The molecule has 4 rings (SSSR count). The second kappa shape index (κ2) is 11.5. The largest absolute Gasteiger partial charge is 0.345 e. The number of likely N-dealkylation sites (tertiary alicyclic amines) is 2. The van der Waals surface area contributed by atoms with E-state index in [1.165, 1.54) is 28.1 Å². The molecule has 2 fully saturated rings. The van der Waals surface area contributed by atoms with Crippen LogP contribution < -0.4 is 10.6 Å². The van der Waals surface area contributed by atoms with E-state index in [1.54, 1.807) is 13.0 Å². The van der Waals surface area contributed by atoms with Crippen LogP contribution in [0.1, 0.15) is 50.2 Å². The van der Waals surface area contributed by atoms with Gasteiger partial charge >= 0.3 is 0 Å².